The smallest absolute Gasteiger partial charge is 0.143 e. The summed E-state index contributed by atoms with van der Waals surface area (Å²) >= 11 is 0. The molecule has 0 fully saturated rings. The number of fused-ring (bicyclic) bond motifs is 10. The third-order valence-corrected chi connectivity index (χ3v) is 9.33. The fourth-order valence-electron chi connectivity index (χ4n) is 7.04. The van der Waals surface area contributed by atoms with Crippen LogP contribution in [0.3, 0.4) is 0 Å². The lowest BCUT2D eigenvalue weighted by molar-refractivity contribution is 0.672. The van der Waals surface area contributed by atoms with Crippen LogP contribution in [0.25, 0.3) is 76.5 Å². The van der Waals surface area contributed by atoms with Gasteiger partial charge in [0.2, 0.25) is 0 Å². The van der Waals surface area contributed by atoms with Crippen molar-refractivity contribution in [1.29, 1.82) is 0 Å². The highest BCUT2D eigenvalue weighted by molar-refractivity contribution is 6.17. The molecule has 0 amide bonds. The van der Waals surface area contributed by atoms with E-state index in [-0.39, 0.29) is 0 Å². The second kappa shape index (κ2) is 10.1. The Labute approximate surface area is 269 Å². The average molecular weight is 603 g/mol. The summed E-state index contributed by atoms with van der Waals surface area (Å²) in [4.78, 5) is 6.64. The third-order valence-electron chi connectivity index (χ3n) is 9.33. The van der Waals surface area contributed by atoms with Crippen molar-refractivity contribution in [1.82, 2.24) is 4.98 Å². The van der Waals surface area contributed by atoms with Crippen LogP contribution in [0.5, 0.6) is 0 Å². The maximum atomic E-state index is 6.47. The van der Waals surface area contributed by atoms with Gasteiger partial charge in [-0.2, -0.15) is 0 Å². The maximum absolute atomic E-state index is 6.47. The summed E-state index contributed by atoms with van der Waals surface area (Å²) in [5.41, 5.74) is 8.92. The van der Waals surface area contributed by atoms with Gasteiger partial charge < -0.3 is 13.7 Å². The van der Waals surface area contributed by atoms with Gasteiger partial charge in [-0.15, -0.1) is 0 Å². The number of pyridine rings is 1. The fraction of sp³-hybridized carbons (Fsp3) is 0. The van der Waals surface area contributed by atoms with E-state index in [9.17, 15) is 0 Å². The Morgan fingerprint density at radius 1 is 0.404 bits per heavy atom. The highest BCUT2D eigenvalue weighted by Crippen LogP contribution is 2.42. The van der Waals surface area contributed by atoms with Gasteiger partial charge in [0.1, 0.15) is 22.3 Å². The molecule has 7 aromatic carbocycles. The zero-order chi connectivity index (χ0) is 30.9. The van der Waals surface area contributed by atoms with Gasteiger partial charge in [-0.25, -0.2) is 0 Å². The van der Waals surface area contributed by atoms with E-state index >= 15 is 0 Å². The van der Waals surface area contributed by atoms with Crippen molar-refractivity contribution in [2.45, 2.75) is 0 Å². The summed E-state index contributed by atoms with van der Waals surface area (Å²) in [6, 6.07) is 51.2. The van der Waals surface area contributed by atoms with Crippen molar-refractivity contribution in [3.63, 3.8) is 0 Å². The highest BCUT2D eigenvalue weighted by atomic mass is 16.3. The molecule has 0 radical (unpaired) electrons. The monoisotopic (exact) mass is 602 g/mol. The Kier molecular flexibility index (Phi) is 5.54. The molecule has 0 spiro atoms. The van der Waals surface area contributed by atoms with Crippen LogP contribution in [-0.4, -0.2) is 4.98 Å². The number of rotatable bonds is 4. The minimum atomic E-state index is 0.896. The second-order valence-corrected chi connectivity index (χ2v) is 12.0. The lowest BCUT2D eigenvalue weighted by atomic mass is 10.0. The topological polar surface area (TPSA) is 42.4 Å². The van der Waals surface area contributed by atoms with Crippen LogP contribution in [0.4, 0.5) is 17.1 Å². The number of hydrogen-bond donors (Lipinski definition) is 0. The summed E-state index contributed by atoms with van der Waals surface area (Å²) in [7, 11) is 0. The summed E-state index contributed by atoms with van der Waals surface area (Å²) in [6.45, 7) is 0. The largest absolute Gasteiger partial charge is 0.455 e. The SMILES string of the molecule is c1cncc(-c2ccc(N(c3ccc4ccc5c6ccccc6oc5c4c3)c3ccc4ccc5c6ccccc6oc5c4c3)cc2)c1. The minimum Gasteiger partial charge on any atom is -0.455 e. The van der Waals surface area contributed by atoms with Gasteiger partial charge in [-0.05, 0) is 88.6 Å². The Bertz CT molecular complexity index is 2640. The molecular formula is C43H26N2O2. The van der Waals surface area contributed by atoms with Crippen LogP contribution in [0, 0.1) is 0 Å². The molecule has 0 aliphatic heterocycles. The molecule has 3 aromatic heterocycles. The first-order valence-electron chi connectivity index (χ1n) is 15.8. The summed E-state index contributed by atoms with van der Waals surface area (Å²) in [5.74, 6) is 0. The first kappa shape index (κ1) is 25.9. The lowest BCUT2D eigenvalue weighted by Crippen LogP contribution is -2.10. The van der Waals surface area contributed by atoms with E-state index in [2.05, 4.69) is 125 Å². The number of anilines is 3. The standard InChI is InChI=1S/C43H26N2O2/c1-3-9-40-34(7-1)36-21-15-28-13-19-32(24-38(28)42(36)46-40)45(31-17-11-27(12-18-31)30-6-5-23-44-26-30)33-20-14-29-16-22-37-35-8-2-4-10-41(35)47-43(37)39(29)25-33/h1-26H. The average Bonchev–Trinajstić information content (AvgIpc) is 3.72. The number of para-hydroxylation sites is 2. The third kappa shape index (κ3) is 4.05. The molecule has 220 valence electrons. The first-order valence-corrected chi connectivity index (χ1v) is 15.8. The minimum absolute atomic E-state index is 0.896. The molecular weight excluding hydrogens is 576 g/mol. The molecule has 0 aliphatic carbocycles. The van der Waals surface area contributed by atoms with Gasteiger partial charge in [-0.1, -0.05) is 78.9 Å². The van der Waals surface area contributed by atoms with Crippen molar-refractivity contribution in [2.75, 3.05) is 4.90 Å². The molecule has 0 atom stereocenters. The van der Waals surface area contributed by atoms with Crippen molar-refractivity contribution in [2.24, 2.45) is 0 Å². The lowest BCUT2D eigenvalue weighted by Gasteiger charge is -2.26. The Morgan fingerprint density at radius 2 is 0.936 bits per heavy atom. The van der Waals surface area contributed by atoms with Crippen molar-refractivity contribution >= 4 is 82.5 Å². The first-order chi connectivity index (χ1) is 23.3. The quantitative estimate of drug-likeness (QED) is 0.201. The normalized spacial score (nSPS) is 11.8. The molecule has 0 aliphatic rings. The Hall–Kier alpha value is -6.39. The number of aromatic nitrogens is 1. The molecule has 0 unspecified atom stereocenters. The highest BCUT2D eigenvalue weighted by Gasteiger charge is 2.18. The number of furan rings is 2. The van der Waals surface area contributed by atoms with Crippen LogP contribution >= 0.6 is 0 Å². The van der Waals surface area contributed by atoms with Gasteiger partial charge in [0.05, 0.1) is 0 Å². The number of nitrogens with zero attached hydrogens (tertiary/aromatic N) is 2. The molecule has 0 saturated carbocycles. The Balaban J connectivity index is 1.21. The van der Waals surface area contributed by atoms with Crippen molar-refractivity contribution in [3.8, 4) is 11.1 Å². The zero-order valence-corrected chi connectivity index (χ0v) is 25.2. The van der Waals surface area contributed by atoms with E-state index in [0.29, 0.717) is 0 Å². The molecule has 0 N–H and O–H groups in total. The molecule has 3 heterocycles. The van der Waals surface area contributed by atoms with E-state index in [4.69, 9.17) is 8.83 Å². The molecule has 0 bridgehead atoms. The van der Waals surface area contributed by atoms with E-state index in [1.165, 1.54) is 0 Å². The van der Waals surface area contributed by atoms with Gasteiger partial charge in [0.15, 0.2) is 0 Å². The Morgan fingerprint density at radius 3 is 1.49 bits per heavy atom. The van der Waals surface area contributed by atoms with Crippen molar-refractivity contribution < 1.29 is 8.83 Å². The van der Waals surface area contributed by atoms with E-state index in [0.717, 1.165) is 93.6 Å². The number of hydrogen-bond acceptors (Lipinski definition) is 4. The van der Waals surface area contributed by atoms with Gasteiger partial charge in [0, 0.05) is 61.8 Å². The van der Waals surface area contributed by atoms with Gasteiger partial charge in [-0.3, -0.25) is 4.98 Å². The van der Waals surface area contributed by atoms with E-state index in [1.54, 1.807) is 6.20 Å². The molecule has 4 nitrogen and oxygen atoms in total. The van der Waals surface area contributed by atoms with Gasteiger partial charge in [0.25, 0.3) is 0 Å². The van der Waals surface area contributed by atoms with Crippen molar-refractivity contribution in [3.05, 3.63) is 158 Å². The molecule has 10 rings (SSSR count). The molecule has 0 saturated heterocycles. The molecule has 4 heteroatoms. The van der Waals surface area contributed by atoms with Crippen LogP contribution in [0.2, 0.25) is 0 Å². The van der Waals surface area contributed by atoms with E-state index < -0.39 is 0 Å². The van der Waals surface area contributed by atoms with Crippen LogP contribution in [-0.2, 0) is 0 Å². The second-order valence-electron chi connectivity index (χ2n) is 12.0. The van der Waals surface area contributed by atoms with Crippen LogP contribution in [0.1, 0.15) is 0 Å². The molecule has 10 aromatic rings. The maximum Gasteiger partial charge on any atom is 0.143 e. The van der Waals surface area contributed by atoms with Crippen LogP contribution in [0.15, 0.2) is 167 Å². The summed E-state index contributed by atoms with van der Waals surface area (Å²) < 4.78 is 12.9. The fourth-order valence-corrected chi connectivity index (χ4v) is 7.04. The van der Waals surface area contributed by atoms with Gasteiger partial charge >= 0.3 is 0 Å². The predicted molar refractivity (Wildman–Crippen MR) is 194 cm³/mol. The summed E-state index contributed by atoms with van der Waals surface area (Å²) in [5, 5.41) is 8.92. The number of benzene rings is 7. The predicted octanol–water partition coefficient (Wildman–Crippen LogP) is 12.3. The summed E-state index contributed by atoms with van der Waals surface area (Å²) in [6.07, 6.45) is 3.70. The van der Waals surface area contributed by atoms with Crippen LogP contribution < -0.4 is 4.90 Å². The van der Waals surface area contributed by atoms with E-state index in [1.807, 2.05) is 36.5 Å². The zero-order valence-electron chi connectivity index (χ0n) is 25.2. The molecule has 47 heavy (non-hydrogen) atoms.